The van der Waals surface area contributed by atoms with Crippen LogP contribution < -0.4 is 10.2 Å². The molecular formula is C22H27ClN2O3. The second kappa shape index (κ2) is 9.30. The number of β-amino-alcohol motifs (C(OH)–C–C–N with tert-alkyl or cyclic N) is 1. The Labute approximate surface area is 171 Å². The van der Waals surface area contributed by atoms with Crippen molar-refractivity contribution in [3.63, 3.8) is 0 Å². The van der Waals surface area contributed by atoms with Crippen LogP contribution in [0.15, 0.2) is 42.5 Å². The quantitative estimate of drug-likeness (QED) is 0.656. The monoisotopic (exact) mass is 402 g/mol. The number of methoxy groups -OCH3 is 1. The molecule has 0 saturated carbocycles. The highest BCUT2D eigenvalue weighted by Gasteiger charge is 2.24. The summed E-state index contributed by atoms with van der Waals surface area (Å²) in [6, 6.07) is 13.8. The van der Waals surface area contributed by atoms with Gasteiger partial charge in [0, 0.05) is 23.8 Å². The lowest BCUT2D eigenvalue weighted by molar-refractivity contribution is -0.141. The van der Waals surface area contributed by atoms with E-state index in [0.717, 1.165) is 42.0 Å². The maximum absolute atomic E-state index is 11.8. The molecule has 2 aromatic rings. The number of aliphatic hydroxyl groups excluding tert-OH is 1. The van der Waals surface area contributed by atoms with Crippen LogP contribution in [0.25, 0.3) is 0 Å². The van der Waals surface area contributed by atoms with Gasteiger partial charge in [-0.05, 0) is 60.7 Å². The Morgan fingerprint density at radius 2 is 2.07 bits per heavy atom. The topological polar surface area (TPSA) is 61.8 Å². The molecule has 0 aliphatic carbocycles. The van der Waals surface area contributed by atoms with Gasteiger partial charge in [-0.3, -0.25) is 4.79 Å². The zero-order chi connectivity index (χ0) is 20.1. The Balaban J connectivity index is 1.93. The summed E-state index contributed by atoms with van der Waals surface area (Å²) in [5.74, 6) is -0.109. The predicted octanol–water partition coefficient (Wildman–Crippen LogP) is 4.71. The number of anilines is 3. The molecule has 6 heteroatoms. The number of hydrogen-bond donors (Lipinski definition) is 2. The zero-order valence-electron chi connectivity index (χ0n) is 16.3. The molecule has 0 radical (unpaired) electrons. The molecule has 1 aliphatic rings. The zero-order valence-corrected chi connectivity index (χ0v) is 17.1. The first-order valence-corrected chi connectivity index (χ1v) is 10.0. The summed E-state index contributed by atoms with van der Waals surface area (Å²) in [6.45, 7) is 3.51. The van der Waals surface area contributed by atoms with Crippen molar-refractivity contribution in [3.05, 3.63) is 53.1 Å². The summed E-state index contributed by atoms with van der Waals surface area (Å²) in [7, 11) is 1.42. The van der Waals surface area contributed by atoms with E-state index in [1.807, 2.05) is 24.3 Å². The normalized spacial score (nSPS) is 17.4. The van der Waals surface area contributed by atoms with Gasteiger partial charge in [-0.25, -0.2) is 0 Å². The molecule has 0 amide bonds. The number of hydrogen-bond acceptors (Lipinski definition) is 5. The molecule has 0 bridgehead atoms. The first-order chi connectivity index (χ1) is 13.5. The molecule has 2 atom stereocenters. The third-order valence-electron chi connectivity index (χ3n) is 5.25. The van der Waals surface area contributed by atoms with Gasteiger partial charge in [-0.1, -0.05) is 24.6 Å². The molecule has 2 N–H and O–H groups in total. The number of aliphatic hydroxyl groups is 1. The van der Waals surface area contributed by atoms with Gasteiger partial charge in [-0.2, -0.15) is 0 Å². The van der Waals surface area contributed by atoms with E-state index in [1.165, 1.54) is 7.11 Å². The summed E-state index contributed by atoms with van der Waals surface area (Å²) in [5.41, 5.74) is 4.02. The number of nitrogens with one attached hydrogen (secondary N) is 1. The first kappa shape index (κ1) is 20.5. The minimum absolute atomic E-state index is 0.0939. The van der Waals surface area contributed by atoms with Crippen LogP contribution in [-0.4, -0.2) is 37.4 Å². The van der Waals surface area contributed by atoms with Crippen LogP contribution in [0.4, 0.5) is 17.1 Å². The van der Waals surface area contributed by atoms with Crippen molar-refractivity contribution < 1.29 is 14.6 Å². The summed E-state index contributed by atoms with van der Waals surface area (Å²) in [4.78, 5) is 14.0. The molecule has 0 aromatic heterocycles. The largest absolute Gasteiger partial charge is 0.469 e. The predicted molar refractivity (Wildman–Crippen MR) is 114 cm³/mol. The summed E-state index contributed by atoms with van der Waals surface area (Å²) < 4.78 is 4.85. The SMILES string of the molecule is CCC(CC(=O)OC)c1ccc(N2CC[C@H](O)C2)c(Nc2ccc(Cl)cc2)c1. The Morgan fingerprint density at radius 1 is 1.32 bits per heavy atom. The number of halogens is 1. The average Bonchev–Trinajstić information content (AvgIpc) is 3.13. The van der Waals surface area contributed by atoms with E-state index in [1.54, 1.807) is 0 Å². The minimum atomic E-state index is -0.300. The highest BCUT2D eigenvalue weighted by Crippen LogP contribution is 2.36. The minimum Gasteiger partial charge on any atom is -0.469 e. The van der Waals surface area contributed by atoms with E-state index in [0.29, 0.717) is 18.0 Å². The van der Waals surface area contributed by atoms with Crippen LogP contribution in [0.5, 0.6) is 0 Å². The van der Waals surface area contributed by atoms with Crippen LogP contribution in [-0.2, 0) is 9.53 Å². The molecular weight excluding hydrogens is 376 g/mol. The standard InChI is InChI=1S/C22H27ClN2O3/c1-3-15(13-22(27)28-2)16-4-9-21(25-11-10-19(26)14-25)20(12-16)24-18-7-5-17(23)6-8-18/h4-9,12,15,19,24,26H,3,10-11,13-14H2,1-2H3/t15?,19-/m0/s1. The van der Waals surface area contributed by atoms with Gasteiger partial charge in [0.1, 0.15) is 0 Å². The lowest BCUT2D eigenvalue weighted by Gasteiger charge is -2.24. The van der Waals surface area contributed by atoms with Gasteiger partial charge in [-0.15, -0.1) is 0 Å². The Bertz CT molecular complexity index is 810. The van der Waals surface area contributed by atoms with Gasteiger partial charge in [0.25, 0.3) is 0 Å². The molecule has 1 unspecified atom stereocenters. The number of carbonyl (C=O) groups is 1. The van der Waals surface area contributed by atoms with Crippen molar-refractivity contribution in [2.45, 2.75) is 38.2 Å². The van der Waals surface area contributed by atoms with Crippen molar-refractivity contribution in [1.29, 1.82) is 0 Å². The fourth-order valence-electron chi connectivity index (χ4n) is 3.62. The summed E-state index contributed by atoms with van der Waals surface area (Å²) in [5, 5.41) is 14.1. The molecule has 3 rings (SSSR count). The lowest BCUT2D eigenvalue weighted by atomic mass is 9.92. The lowest BCUT2D eigenvalue weighted by Crippen LogP contribution is -2.22. The highest BCUT2D eigenvalue weighted by molar-refractivity contribution is 6.30. The molecule has 1 saturated heterocycles. The second-order valence-corrected chi connectivity index (χ2v) is 7.62. The number of benzene rings is 2. The van der Waals surface area contributed by atoms with Gasteiger partial charge >= 0.3 is 5.97 Å². The number of nitrogens with zero attached hydrogens (tertiary/aromatic N) is 1. The van der Waals surface area contributed by atoms with Crippen LogP contribution in [0.3, 0.4) is 0 Å². The molecule has 2 aromatic carbocycles. The van der Waals surface area contributed by atoms with Crippen molar-refractivity contribution in [1.82, 2.24) is 0 Å². The smallest absolute Gasteiger partial charge is 0.306 e. The Hall–Kier alpha value is -2.24. The average molecular weight is 403 g/mol. The molecule has 5 nitrogen and oxygen atoms in total. The third-order valence-corrected chi connectivity index (χ3v) is 5.50. The van der Waals surface area contributed by atoms with Crippen molar-refractivity contribution in [2.75, 3.05) is 30.4 Å². The fraction of sp³-hybridized carbons (Fsp3) is 0.409. The fourth-order valence-corrected chi connectivity index (χ4v) is 3.74. The van der Waals surface area contributed by atoms with Crippen molar-refractivity contribution in [2.24, 2.45) is 0 Å². The van der Waals surface area contributed by atoms with E-state index in [9.17, 15) is 9.90 Å². The Morgan fingerprint density at radius 3 is 2.68 bits per heavy atom. The van der Waals surface area contributed by atoms with E-state index in [4.69, 9.17) is 16.3 Å². The summed E-state index contributed by atoms with van der Waals surface area (Å²) >= 11 is 6.01. The van der Waals surface area contributed by atoms with E-state index in [2.05, 4.69) is 35.3 Å². The number of esters is 1. The van der Waals surface area contributed by atoms with Crippen LogP contribution in [0.1, 0.15) is 37.7 Å². The molecule has 0 spiro atoms. The van der Waals surface area contributed by atoms with E-state index >= 15 is 0 Å². The molecule has 150 valence electrons. The first-order valence-electron chi connectivity index (χ1n) is 9.66. The Kier molecular flexibility index (Phi) is 6.81. The van der Waals surface area contributed by atoms with Gasteiger partial charge in [0.2, 0.25) is 0 Å². The number of ether oxygens (including phenoxy) is 1. The molecule has 28 heavy (non-hydrogen) atoms. The van der Waals surface area contributed by atoms with Crippen LogP contribution in [0, 0.1) is 0 Å². The molecule has 1 fully saturated rings. The van der Waals surface area contributed by atoms with Crippen molar-refractivity contribution >= 4 is 34.6 Å². The van der Waals surface area contributed by atoms with Crippen LogP contribution in [0.2, 0.25) is 5.02 Å². The maximum atomic E-state index is 11.8. The van der Waals surface area contributed by atoms with Gasteiger partial charge in [0.05, 0.1) is 31.0 Å². The highest BCUT2D eigenvalue weighted by atomic mass is 35.5. The van der Waals surface area contributed by atoms with Crippen LogP contribution >= 0.6 is 11.6 Å². The number of rotatable bonds is 7. The van der Waals surface area contributed by atoms with Gasteiger partial charge in [0.15, 0.2) is 0 Å². The maximum Gasteiger partial charge on any atom is 0.306 e. The van der Waals surface area contributed by atoms with Crippen molar-refractivity contribution in [3.8, 4) is 0 Å². The third kappa shape index (κ3) is 4.97. The molecule has 1 heterocycles. The second-order valence-electron chi connectivity index (χ2n) is 7.18. The number of carbonyl (C=O) groups excluding carboxylic acids is 1. The van der Waals surface area contributed by atoms with E-state index < -0.39 is 0 Å². The summed E-state index contributed by atoms with van der Waals surface area (Å²) in [6.07, 6.45) is 1.67. The van der Waals surface area contributed by atoms with Gasteiger partial charge < -0.3 is 20.1 Å². The van der Waals surface area contributed by atoms with E-state index in [-0.39, 0.29) is 18.0 Å². The molecule has 1 aliphatic heterocycles.